The predicted molar refractivity (Wildman–Crippen MR) is 137 cm³/mol. The van der Waals surface area contributed by atoms with Gasteiger partial charge in [0.15, 0.2) is 0 Å². The number of benzene rings is 2. The molecular formula is C27H28F2N6O2. The topological polar surface area (TPSA) is 95.9 Å². The molecule has 0 radical (unpaired) electrons. The van der Waals surface area contributed by atoms with Gasteiger partial charge in [0, 0.05) is 17.7 Å². The molecule has 1 saturated heterocycles. The number of carbonyl (C=O) groups is 1. The summed E-state index contributed by atoms with van der Waals surface area (Å²) in [5, 5.41) is 9.46. The van der Waals surface area contributed by atoms with E-state index < -0.39 is 6.43 Å². The minimum absolute atomic E-state index is 0.125. The van der Waals surface area contributed by atoms with Gasteiger partial charge in [0.25, 0.3) is 17.9 Å². The summed E-state index contributed by atoms with van der Waals surface area (Å²) in [7, 11) is 2.11. The summed E-state index contributed by atoms with van der Waals surface area (Å²) >= 11 is 0. The van der Waals surface area contributed by atoms with Crippen LogP contribution in [-0.2, 0) is 6.54 Å². The molecular weight excluding hydrogens is 478 g/mol. The Morgan fingerprint density at radius 3 is 2.78 bits per heavy atom. The van der Waals surface area contributed by atoms with Crippen LogP contribution < -0.4 is 10.9 Å². The molecule has 0 unspecified atom stereocenters. The summed E-state index contributed by atoms with van der Waals surface area (Å²) in [6, 6.07) is 12.0. The van der Waals surface area contributed by atoms with Gasteiger partial charge in [0.1, 0.15) is 5.69 Å². The molecule has 1 fully saturated rings. The Morgan fingerprint density at radius 2 is 2.00 bits per heavy atom. The van der Waals surface area contributed by atoms with Gasteiger partial charge in [0.2, 0.25) is 0 Å². The number of aromatic amines is 1. The van der Waals surface area contributed by atoms with Gasteiger partial charge >= 0.3 is 0 Å². The molecule has 37 heavy (non-hydrogen) atoms. The van der Waals surface area contributed by atoms with Crippen molar-refractivity contribution >= 4 is 16.8 Å². The summed E-state index contributed by atoms with van der Waals surface area (Å²) < 4.78 is 27.9. The van der Waals surface area contributed by atoms with Crippen molar-refractivity contribution in [1.29, 1.82) is 0 Å². The highest BCUT2D eigenvalue weighted by molar-refractivity contribution is 5.94. The minimum atomic E-state index is -2.69. The summed E-state index contributed by atoms with van der Waals surface area (Å²) in [5.74, 6) is 0.362. The zero-order valence-corrected chi connectivity index (χ0v) is 20.5. The van der Waals surface area contributed by atoms with Crippen LogP contribution in [0.1, 0.15) is 40.9 Å². The Morgan fingerprint density at radius 1 is 1.19 bits per heavy atom. The van der Waals surface area contributed by atoms with Crippen LogP contribution in [0.5, 0.6) is 0 Å². The molecule has 5 rings (SSSR count). The molecule has 10 heteroatoms. The first-order valence-electron chi connectivity index (χ1n) is 12.3. The third-order valence-electron chi connectivity index (χ3n) is 6.95. The number of hydrogen-bond acceptors (Lipinski definition) is 5. The van der Waals surface area contributed by atoms with Crippen molar-refractivity contribution in [3.05, 3.63) is 82.2 Å². The Labute approximate surface area is 212 Å². The number of H-pyrrole nitrogens is 1. The number of nitrogens with one attached hydrogen (secondary N) is 2. The number of nitrogens with zero attached hydrogens (tertiary/aromatic N) is 4. The molecule has 1 aliphatic heterocycles. The van der Waals surface area contributed by atoms with Gasteiger partial charge in [-0.2, -0.15) is 5.10 Å². The van der Waals surface area contributed by atoms with E-state index in [1.807, 2.05) is 6.07 Å². The van der Waals surface area contributed by atoms with Crippen molar-refractivity contribution in [2.45, 2.75) is 25.8 Å². The summed E-state index contributed by atoms with van der Waals surface area (Å²) in [6.07, 6.45) is 2.23. The second-order valence-electron chi connectivity index (χ2n) is 9.56. The highest BCUT2D eigenvalue weighted by Gasteiger charge is 2.19. The van der Waals surface area contributed by atoms with E-state index in [0.29, 0.717) is 34.5 Å². The number of hydrogen-bond donors (Lipinski definition) is 2. The fourth-order valence-electron chi connectivity index (χ4n) is 4.74. The smallest absolute Gasteiger partial charge is 0.280 e. The molecule has 0 spiro atoms. The molecule has 3 heterocycles. The van der Waals surface area contributed by atoms with Crippen LogP contribution in [0.4, 0.5) is 8.78 Å². The lowest BCUT2D eigenvalue weighted by atomic mass is 9.97. The molecule has 2 aromatic heterocycles. The number of carbonyl (C=O) groups excluding carboxylic acids is 1. The van der Waals surface area contributed by atoms with E-state index in [1.165, 1.54) is 17.1 Å². The van der Waals surface area contributed by atoms with Gasteiger partial charge in [-0.1, -0.05) is 18.2 Å². The maximum atomic E-state index is 13.2. The molecule has 0 saturated carbocycles. The monoisotopic (exact) mass is 506 g/mol. The van der Waals surface area contributed by atoms with Gasteiger partial charge in [-0.25, -0.2) is 13.8 Å². The predicted octanol–water partition coefficient (Wildman–Crippen LogP) is 3.84. The maximum Gasteiger partial charge on any atom is 0.280 e. The summed E-state index contributed by atoms with van der Waals surface area (Å²) in [5.41, 5.74) is 1.99. The van der Waals surface area contributed by atoms with E-state index in [1.54, 1.807) is 36.4 Å². The molecule has 0 aliphatic carbocycles. The first kappa shape index (κ1) is 24.8. The molecule has 2 aromatic carbocycles. The van der Waals surface area contributed by atoms with Crippen LogP contribution in [0.25, 0.3) is 22.0 Å². The minimum Gasteiger partial charge on any atom is -0.352 e. The summed E-state index contributed by atoms with van der Waals surface area (Å²) in [4.78, 5) is 32.6. The number of halogens is 2. The molecule has 8 nitrogen and oxygen atoms in total. The lowest BCUT2D eigenvalue weighted by Gasteiger charge is -2.28. The van der Waals surface area contributed by atoms with Crippen molar-refractivity contribution < 1.29 is 13.6 Å². The standard InChI is InChI=1S/C27H28F2N6O2/c1-34-9-7-17(8-10-34)13-30-26(36)20-4-2-3-18(11-20)15-35-16-31-23-12-19(5-6-21(23)27(35)37)22-14-32-33-24(22)25(28)29/h2-6,11-12,14,16-17,25H,7-10,13,15H2,1H3,(H,30,36)(H,32,33). The maximum absolute atomic E-state index is 13.2. The number of piperidine rings is 1. The Balaban J connectivity index is 1.31. The Bertz CT molecular complexity index is 1470. The van der Waals surface area contributed by atoms with E-state index in [2.05, 4.69) is 32.4 Å². The highest BCUT2D eigenvalue weighted by Crippen LogP contribution is 2.30. The van der Waals surface area contributed by atoms with Crippen LogP contribution in [0.3, 0.4) is 0 Å². The molecule has 0 atom stereocenters. The van der Waals surface area contributed by atoms with E-state index >= 15 is 0 Å². The average molecular weight is 507 g/mol. The third kappa shape index (κ3) is 5.43. The second kappa shape index (κ2) is 10.6. The normalized spacial score (nSPS) is 14.9. The number of alkyl halides is 2. The van der Waals surface area contributed by atoms with Crippen LogP contribution in [0, 0.1) is 5.92 Å². The zero-order valence-electron chi connectivity index (χ0n) is 20.5. The van der Waals surface area contributed by atoms with Crippen LogP contribution in [-0.4, -0.2) is 57.2 Å². The molecule has 1 aliphatic rings. The largest absolute Gasteiger partial charge is 0.352 e. The number of amides is 1. The van der Waals surface area contributed by atoms with E-state index in [-0.39, 0.29) is 29.3 Å². The lowest BCUT2D eigenvalue weighted by Crippen LogP contribution is -2.36. The van der Waals surface area contributed by atoms with Gasteiger partial charge in [0.05, 0.1) is 30.0 Å². The second-order valence-corrected chi connectivity index (χ2v) is 9.56. The van der Waals surface area contributed by atoms with E-state index in [4.69, 9.17) is 0 Å². The zero-order chi connectivity index (χ0) is 25.9. The first-order valence-corrected chi connectivity index (χ1v) is 12.3. The average Bonchev–Trinajstić information content (AvgIpc) is 3.40. The summed E-state index contributed by atoms with van der Waals surface area (Å²) in [6.45, 7) is 3.00. The van der Waals surface area contributed by atoms with Crippen molar-refractivity contribution in [3.63, 3.8) is 0 Å². The number of aromatic nitrogens is 4. The van der Waals surface area contributed by atoms with Crippen LogP contribution in [0.2, 0.25) is 0 Å². The Kier molecular flexibility index (Phi) is 7.09. The highest BCUT2D eigenvalue weighted by atomic mass is 19.3. The molecule has 0 bridgehead atoms. The van der Waals surface area contributed by atoms with Gasteiger partial charge in [-0.3, -0.25) is 19.3 Å². The number of fused-ring (bicyclic) bond motifs is 1. The third-order valence-corrected chi connectivity index (χ3v) is 6.95. The van der Waals surface area contributed by atoms with Crippen molar-refractivity contribution in [2.75, 3.05) is 26.7 Å². The van der Waals surface area contributed by atoms with Crippen molar-refractivity contribution in [3.8, 4) is 11.1 Å². The van der Waals surface area contributed by atoms with Crippen molar-refractivity contribution in [1.82, 2.24) is 30.0 Å². The quantitative estimate of drug-likeness (QED) is 0.397. The van der Waals surface area contributed by atoms with Crippen LogP contribution >= 0.6 is 0 Å². The van der Waals surface area contributed by atoms with Gasteiger partial charge in [-0.05, 0) is 74.3 Å². The molecule has 1 amide bonds. The van der Waals surface area contributed by atoms with Crippen molar-refractivity contribution in [2.24, 2.45) is 5.92 Å². The fourth-order valence-corrected chi connectivity index (χ4v) is 4.74. The number of rotatable bonds is 7. The van der Waals surface area contributed by atoms with Gasteiger partial charge in [-0.15, -0.1) is 0 Å². The van der Waals surface area contributed by atoms with E-state index in [0.717, 1.165) is 31.5 Å². The SMILES string of the molecule is CN1CCC(CNC(=O)c2cccc(Cn3cnc4cc(-c5cn[nH]c5C(F)F)ccc4c3=O)c2)CC1. The van der Waals surface area contributed by atoms with E-state index in [9.17, 15) is 18.4 Å². The van der Waals surface area contributed by atoms with Gasteiger partial charge < -0.3 is 10.2 Å². The lowest BCUT2D eigenvalue weighted by molar-refractivity contribution is 0.0939. The molecule has 4 aromatic rings. The molecule has 192 valence electrons. The Hall–Kier alpha value is -3.92. The molecule has 2 N–H and O–H groups in total. The fraction of sp³-hybridized carbons (Fsp3) is 0.333. The van der Waals surface area contributed by atoms with Crippen LogP contribution in [0.15, 0.2) is 59.8 Å². The number of likely N-dealkylation sites (tertiary alicyclic amines) is 1. The first-order chi connectivity index (χ1) is 17.9.